The Hall–Kier alpha value is -7.10. The summed E-state index contributed by atoms with van der Waals surface area (Å²) in [5, 5.41) is 0. The van der Waals surface area contributed by atoms with E-state index in [-0.39, 0.29) is 0 Å². The van der Waals surface area contributed by atoms with Gasteiger partial charge in [0.15, 0.2) is 0 Å². The second-order valence-corrected chi connectivity index (χ2v) is 13.0. The molecule has 0 spiro atoms. The van der Waals surface area contributed by atoms with Crippen molar-refractivity contribution in [1.82, 2.24) is 9.97 Å². The molecule has 0 saturated carbocycles. The van der Waals surface area contributed by atoms with Gasteiger partial charge in [0, 0.05) is 28.2 Å². The van der Waals surface area contributed by atoms with Crippen molar-refractivity contribution in [2.75, 3.05) is 4.90 Å². The summed E-state index contributed by atoms with van der Waals surface area (Å²) in [6, 6.07) is 74.6. The quantitative estimate of drug-likeness (QED) is 0.160. The molecule has 250 valence electrons. The van der Waals surface area contributed by atoms with E-state index in [1.54, 1.807) is 0 Å². The Morgan fingerprint density at radius 1 is 0.264 bits per heavy atom. The van der Waals surface area contributed by atoms with Crippen LogP contribution in [0, 0.1) is 0 Å². The number of benzene rings is 8. The van der Waals surface area contributed by atoms with Crippen molar-refractivity contribution in [2.24, 2.45) is 0 Å². The first kappa shape index (κ1) is 31.9. The van der Waals surface area contributed by atoms with Gasteiger partial charge in [0.1, 0.15) is 0 Å². The van der Waals surface area contributed by atoms with Crippen LogP contribution in [0.4, 0.5) is 17.1 Å². The van der Waals surface area contributed by atoms with Gasteiger partial charge in [0.25, 0.3) is 0 Å². The van der Waals surface area contributed by atoms with Gasteiger partial charge < -0.3 is 4.90 Å². The molecule has 0 saturated heterocycles. The van der Waals surface area contributed by atoms with Crippen molar-refractivity contribution in [2.45, 2.75) is 0 Å². The molecule has 1 aromatic heterocycles. The van der Waals surface area contributed by atoms with E-state index < -0.39 is 0 Å². The zero-order valence-corrected chi connectivity index (χ0v) is 29.0. The van der Waals surface area contributed by atoms with Crippen LogP contribution in [0.25, 0.3) is 66.9 Å². The standard InChI is InChI=1S/C50H35N3/c1-4-15-36(16-5-1)37-27-31-42(32-28-37)53(44-22-14-21-41(35-44)46-24-11-10-23-45(46)38-17-6-2-7-18-38)43-33-29-40(30-34-43)50-49(39-19-8-3-9-20-39)51-47-25-12-13-26-48(47)52-50/h1-35H. The maximum atomic E-state index is 5.15. The highest BCUT2D eigenvalue weighted by atomic mass is 15.1. The van der Waals surface area contributed by atoms with Crippen LogP contribution in [0.5, 0.6) is 0 Å². The molecule has 0 radical (unpaired) electrons. The summed E-state index contributed by atoms with van der Waals surface area (Å²) in [7, 11) is 0. The van der Waals surface area contributed by atoms with E-state index in [0.717, 1.165) is 56.2 Å². The number of anilines is 3. The van der Waals surface area contributed by atoms with Crippen molar-refractivity contribution in [3.63, 3.8) is 0 Å². The summed E-state index contributed by atoms with van der Waals surface area (Å²) in [6.07, 6.45) is 0. The minimum Gasteiger partial charge on any atom is -0.310 e. The number of fused-ring (bicyclic) bond motifs is 1. The van der Waals surface area contributed by atoms with E-state index in [9.17, 15) is 0 Å². The number of hydrogen-bond acceptors (Lipinski definition) is 3. The molecule has 9 aromatic rings. The number of para-hydroxylation sites is 2. The summed E-state index contributed by atoms with van der Waals surface area (Å²) in [4.78, 5) is 12.6. The maximum Gasteiger partial charge on any atom is 0.0973 e. The van der Waals surface area contributed by atoms with E-state index in [2.05, 4.69) is 175 Å². The zero-order chi connectivity index (χ0) is 35.4. The lowest BCUT2D eigenvalue weighted by molar-refractivity contribution is 1.27. The van der Waals surface area contributed by atoms with Gasteiger partial charge in [-0.25, -0.2) is 9.97 Å². The van der Waals surface area contributed by atoms with Crippen molar-refractivity contribution in [3.8, 4) is 55.9 Å². The van der Waals surface area contributed by atoms with Gasteiger partial charge in [-0.15, -0.1) is 0 Å². The number of nitrogens with zero attached hydrogens (tertiary/aromatic N) is 3. The molecule has 0 fully saturated rings. The fraction of sp³-hybridized carbons (Fsp3) is 0. The molecule has 0 atom stereocenters. The van der Waals surface area contributed by atoms with Crippen LogP contribution in [0.3, 0.4) is 0 Å². The Morgan fingerprint density at radius 2 is 0.660 bits per heavy atom. The highest BCUT2D eigenvalue weighted by Gasteiger charge is 2.18. The van der Waals surface area contributed by atoms with Gasteiger partial charge in [0.2, 0.25) is 0 Å². The zero-order valence-electron chi connectivity index (χ0n) is 29.0. The van der Waals surface area contributed by atoms with Crippen LogP contribution in [-0.2, 0) is 0 Å². The monoisotopic (exact) mass is 677 g/mol. The Labute approximate surface area is 310 Å². The summed E-state index contributed by atoms with van der Waals surface area (Å²) in [5.41, 5.74) is 15.9. The largest absolute Gasteiger partial charge is 0.310 e. The highest BCUT2D eigenvalue weighted by molar-refractivity contribution is 5.89. The van der Waals surface area contributed by atoms with E-state index in [1.165, 1.54) is 27.8 Å². The van der Waals surface area contributed by atoms with E-state index >= 15 is 0 Å². The molecule has 9 rings (SSSR count). The van der Waals surface area contributed by atoms with E-state index in [1.807, 2.05) is 42.5 Å². The molecule has 53 heavy (non-hydrogen) atoms. The maximum absolute atomic E-state index is 5.15. The normalized spacial score (nSPS) is 11.0. The minimum atomic E-state index is 0.861. The second kappa shape index (κ2) is 14.3. The Kier molecular flexibility index (Phi) is 8.57. The van der Waals surface area contributed by atoms with Crippen LogP contribution in [0.15, 0.2) is 212 Å². The first-order valence-electron chi connectivity index (χ1n) is 17.9. The average Bonchev–Trinajstić information content (AvgIpc) is 3.25. The average molecular weight is 678 g/mol. The molecule has 0 N–H and O–H groups in total. The minimum absolute atomic E-state index is 0.861. The van der Waals surface area contributed by atoms with E-state index in [0.29, 0.717) is 0 Å². The van der Waals surface area contributed by atoms with Gasteiger partial charge in [0.05, 0.1) is 22.4 Å². The van der Waals surface area contributed by atoms with Crippen molar-refractivity contribution >= 4 is 28.1 Å². The Balaban J connectivity index is 1.16. The smallest absolute Gasteiger partial charge is 0.0973 e. The van der Waals surface area contributed by atoms with Gasteiger partial charge in [-0.3, -0.25) is 0 Å². The molecular formula is C50H35N3. The van der Waals surface area contributed by atoms with Crippen LogP contribution in [0.2, 0.25) is 0 Å². The summed E-state index contributed by atoms with van der Waals surface area (Å²) in [5.74, 6) is 0. The third-order valence-corrected chi connectivity index (χ3v) is 9.68. The third kappa shape index (κ3) is 6.48. The van der Waals surface area contributed by atoms with Crippen molar-refractivity contribution in [3.05, 3.63) is 212 Å². The number of hydrogen-bond donors (Lipinski definition) is 0. The molecule has 1 heterocycles. The lowest BCUT2D eigenvalue weighted by Gasteiger charge is -2.26. The molecule has 0 aliphatic rings. The summed E-state index contributed by atoms with van der Waals surface area (Å²) < 4.78 is 0. The predicted molar refractivity (Wildman–Crippen MR) is 221 cm³/mol. The first-order chi connectivity index (χ1) is 26.3. The van der Waals surface area contributed by atoms with Crippen LogP contribution in [0.1, 0.15) is 0 Å². The first-order valence-corrected chi connectivity index (χ1v) is 17.9. The van der Waals surface area contributed by atoms with Gasteiger partial charge in [-0.2, -0.15) is 0 Å². The lowest BCUT2D eigenvalue weighted by atomic mass is 9.94. The highest BCUT2D eigenvalue weighted by Crippen LogP contribution is 2.40. The van der Waals surface area contributed by atoms with Crippen LogP contribution < -0.4 is 4.90 Å². The molecule has 0 amide bonds. The fourth-order valence-corrected chi connectivity index (χ4v) is 7.06. The SMILES string of the molecule is c1ccc(-c2ccc(N(c3ccc(-c4nc5ccccc5nc4-c4ccccc4)cc3)c3cccc(-c4ccccc4-c4ccccc4)c3)cc2)cc1. The fourth-order valence-electron chi connectivity index (χ4n) is 7.06. The lowest BCUT2D eigenvalue weighted by Crippen LogP contribution is -2.10. The van der Waals surface area contributed by atoms with Gasteiger partial charge in [-0.05, 0) is 81.9 Å². The molecule has 0 bridgehead atoms. The molecular weight excluding hydrogens is 643 g/mol. The molecule has 8 aromatic carbocycles. The summed E-state index contributed by atoms with van der Waals surface area (Å²) in [6.45, 7) is 0. The van der Waals surface area contributed by atoms with Crippen molar-refractivity contribution < 1.29 is 0 Å². The van der Waals surface area contributed by atoms with Crippen LogP contribution >= 0.6 is 0 Å². The second-order valence-electron chi connectivity index (χ2n) is 13.0. The summed E-state index contributed by atoms with van der Waals surface area (Å²) >= 11 is 0. The van der Waals surface area contributed by atoms with Gasteiger partial charge >= 0.3 is 0 Å². The molecule has 0 aliphatic carbocycles. The Bertz CT molecular complexity index is 2640. The number of aromatic nitrogens is 2. The van der Waals surface area contributed by atoms with Crippen molar-refractivity contribution in [1.29, 1.82) is 0 Å². The molecule has 0 aliphatic heterocycles. The van der Waals surface area contributed by atoms with E-state index in [4.69, 9.17) is 9.97 Å². The Morgan fingerprint density at radius 3 is 1.23 bits per heavy atom. The molecule has 3 heteroatoms. The third-order valence-electron chi connectivity index (χ3n) is 9.68. The topological polar surface area (TPSA) is 29.0 Å². The number of rotatable bonds is 8. The predicted octanol–water partition coefficient (Wildman–Crippen LogP) is 13.4. The van der Waals surface area contributed by atoms with Crippen LogP contribution in [-0.4, -0.2) is 9.97 Å². The van der Waals surface area contributed by atoms with Gasteiger partial charge in [-0.1, -0.05) is 164 Å². The molecule has 3 nitrogen and oxygen atoms in total. The molecule has 0 unspecified atom stereocenters.